The van der Waals surface area contributed by atoms with Crippen molar-refractivity contribution in [2.24, 2.45) is 0 Å². The molecular weight excluding hydrogens is 659 g/mol. The van der Waals surface area contributed by atoms with Crippen LogP contribution in [0, 0.1) is 44.1 Å². The van der Waals surface area contributed by atoms with Crippen molar-refractivity contribution in [2.45, 2.75) is 64.2 Å². The van der Waals surface area contributed by atoms with E-state index in [2.05, 4.69) is 51.1 Å². The van der Waals surface area contributed by atoms with Gasteiger partial charge in [0.05, 0.1) is 12.9 Å². The molecule has 0 unspecified atom stereocenters. The summed E-state index contributed by atoms with van der Waals surface area (Å²) in [5.74, 6) is 1.35. The van der Waals surface area contributed by atoms with Gasteiger partial charge in [-0.3, -0.25) is 0 Å². The van der Waals surface area contributed by atoms with Gasteiger partial charge in [-0.25, -0.2) is 9.97 Å². The first-order chi connectivity index (χ1) is 16.1. The van der Waals surface area contributed by atoms with Crippen molar-refractivity contribution < 1.29 is 44.1 Å². The SMILES string of the molecule is CC(C)n1cnc2c(NCc3cnc(-c4ccccc4)s3)nc(NC3CCC([NH-])CC3)nc21.[Ac]. The number of hydrogen-bond donors (Lipinski definition) is 2. The first kappa shape index (κ1) is 25.5. The molecule has 5 rings (SSSR count). The Morgan fingerprint density at radius 1 is 1.09 bits per heavy atom. The van der Waals surface area contributed by atoms with E-state index in [1.807, 2.05) is 30.7 Å². The maximum Gasteiger partial charge on any atom is 0.227 e. The molecule has 1 aliphatic carbocycles. The summed E-state index contributed by atoms with van der Waals surface area (Å²) in [5.41, 5.74) is 10.7. The van der Waals surface area contributed by atoms with Gasteiger partial charge in [0.1, 0.15) is 5.01 Å². The number of imidazole rings is 1. The van der Waals surface area contributed by atoms with Gasteiger partial charge in [0, 0.05) is 72.8 Å². The van der Waals surface area contributed by atoms with Crippen molar-refractivity contribution in [3.63, 3.8) is 0 Å². The molecule has 0 saturated heterocycles. The Bertz CT molecular complexity index is 1210. The number of nitrogens with one attached hydrogen (secondary N) is 3. The van der Waals surface area contributed by atoms with Crippen LogP contribution in [0.25, 0.3) is 27.5 Å². The molecule has 3 heterocycles. The van der Waals surface area contributed by atoms with Crippen LogP contribution in [0.15, 0.2) is 42.9 Å². The molecule has 1 aromatic carbocycles. The molecule has 1 fully saturated rings. The molecule has 0 atom stereocenters. The van der Waals surface area contributed by atoms with E-state index in [4.69, 9.17) is 15.7 Å². The fourth-order valence-electron chi connectivity index (χ4n) is 4.18. The number of nitrogens with zero attached hydrogens (tertiary/aromatic N) is 5. The van der Waals surface area contributed by atoms with Crippen molar-refractivity contribution >= 4 is 34.3 Å². The van der Waals surface area contributed by atoms with Crippen molar-refractivity contribution in [3.8, 4) is 10.6 Å². The predicted molar refractivity (Wildman–Crippen MR) is 135 cm³/mol. The van der Waals surface area contributed by atoms with Crippen LogP contribution >= 0.6 is 11.3 Å². The molecule has 3 N–H and O–H groups in total. The Kier molecular flexibility index (Phi) is 8.57. The molecule has 0 aliphatic heterocycles. The van der Waals surface area contributed by atoms with E-state index in [9.17, 15) is 0 Å². The van der Waals surface area contributed by atoms with E-state index in [1.54, 1.807) is 11.3 Å². The van der Waals surface area contributed by atoms with Gasteiger partial charge in [-0.2, -0.15) is 9.97 Å². The largest absolute Gasteiger partial charge is 0.675 e. The third-order valence-electron chi connectivity index (χ3n) is 6.04. The third kappa shape index (κ3) is 5.78. The summed E-state index contributed by atoms with van der Waals surface area (Å²) in [6, 6.07) is 10.8. The van der Waals surface area contributed by atoms with Gasteiger partial charge < -0.3 is 20.9 Å². The molecule has 8 nitrogen and oxygen atoms in total. The monoisotopic (exact) mass is 688 g/mol. The summed E-state index contributed by atoms with van der Waals surface area (Å²) in [6.07, 6.45) is 7.55. The van der Waals surface area contributed by atoms with E-state index in [-0.39, 0.29) is 56.1 Å². The third-order valence-corrected chi connectivity index (χ3v) is 7.09. The molecule has 3 aromatic heterocycles. The topological polar surface area (TPSA) is 104 Å². The second-order valence-electron chi connectivity index (χ2n) is 8.86. The van der Waals surface area contributed by atoms with Crippen molar-refractivity contribution in [1.29, 1.82) is 0 Å². The van der Waals surface area contributed by atoms with Gasteiger partial charge >= 0.3 is 0 Å². The molecule has 1 aliphatic rings. The second kappa shape index (κ2) is 11.4. The Morgan fingerprint density at radius 2 is 1.85 bits per heavy atom. The predicted octanol–water partition coefficient (Wildman–Crippen LogP) is 5.92. The molecule has 34 heavy (non-hydrogen) atoms. The van der Waals surface area contributed by atoms with Crippen LogP contribution in [0.1, 0.15) is 50.4 Å². The summed E-state index contributed by atoms with van der Waals surface area (Å²) in [4.78, 5) is 19.9. The molecule has 1 radical (unpaired) electrons. The van der Waals surface area contributed by atoms with E-state index in [1.165, 1.54) is 0 Å². The number of benzene rings is 1. The molecule has 0 spiro atoms. The van der Waals surface area contributed by atoms with Crippen molar-refractivity contribution in [3.05, 3.63) is 53.5 Å². The smallest absolute Gasteiger partial charge is 0.227 e. The molecule has 10 heteroatoms. The van der Waals surface area contributed by atoms with Crippen molar-refractivity contribution in [2.75, 3.05) is 10.6 Å². The van der Waals surface area contributed by atoms with Crippen LogP contribution in [0.5, 0.6) is 0 Å². The van der Waals surface area contributed by atoms with E-state index in [0.29, 0.717) is 18.5 Å². The van der Waals surface area contributed by atoms with Crippen LogP contribution in [0.2, 0.25) is 0 Å². The minimum Gasteiger partial charge on any atom is -0.675 e. The summed E-state index contributed by atoms with van der Waals surface area (Å²) in [7, 11) is 0. The quantitative estimate of drug-likeness (QED) is 0.250. The second-order valence-corrected chi connectivity index (χ2v) is 9.97. The number of fused-ring (bicyclic) bond motifs is 1. The Hall–Kier alpha value is -1.60. The van der Waals surface area contributed by atoms with Crippen LogP contribution in [0.3, 0.4) is 0 Å². The Labute approximate surface area is 239 Å². The molecule has 175 valence electrons. The normalized spacial score (nSPS) is 18.1. The summed E-state index contributed by atoms with van der Waals surface area (Å²) in [5, 5.41) is 8.01. The first-order valence-electron chi connectivity index (χ1n) is 11.5. The Balaban J connectivity index is 0.00000274. The van der Waals surface area contributed by atoms with Gasteiger partial charge in [0.2, 0.25) is 5.95 Å². The van der Waals surface area contributed by atoms with E-state index in [0.717, 1.165) is 58.1 Å². The number of anilines is 2. The minimum atomic E-state index is 0. The minimum absolute atomic E-state index is 0. The molecule has 4 aromatic rings. The van der Waals surface area contributed by atoms with Gasteiger partial charge in [0.15, 0.2) is 17.0 Å². The summed E-state index contributed by atoms with van der Waals surface area (Å²) >= 11 is 1.68. The average Bonchev–Trinajstić information content (AvgIpc) is 3.47. The maximum atomic E-state index is 7.95. The average molecular weight is 689 g/mol. The number of thiazole rings is 1. The van der Waals surface area contributed by atoms with Gasteiger partial charge in [0.25, 0.3) is 0 Å². The zero-order chi connectivity index (χ0) is 22.8. The fourth-order valence-corrected chi connectivity index (χ4v) is 5.03. The summed E-state index contributed by atoms with van der Waals surface area (Å²) in [6.45, 7) is 4.87. The number of rotatable bonds is 7. The maximum absolute atomic E-state index is 7.95. The molecule has 1 saturated carbocycles. The molecule has 0 amide bonds. The van der Waals surface area contributed by atoms with Gasteiger partial charge in [-0.15, -0.1) is 17.4 Å². The molecular formula is C24H29AcN8S-. The zero-order valence-corrected chi connectivity index (χ0v) is 25.1. The standard InChI is InChI=1S/C24H29N8S.Ac/c1-15(2)32-14-28-20-21(26-12-19-13-27-23(33-19)16-6-4-3-5-7-16)30-24(31-22(20)32)29-18-10-8-17(25)9-11-18;/h3-7,13-15,17-18,25H,8-12H2,1-2H3,(H2,26,29,30,31);/q-1;. The number of aromatic nitrogens is 5. The van der Waals surface area contributed by atoms with Crippen LogP contribution < -0.4 is 10.6 Å². The van der Waals surface area contributed by atoms with Crippen molar-refractivity contribution in [1.82, 2.24) is 24.5 Å². The van der Waals surface area contributed by atoms with E-state index < -0.39 is 0 Å². The van der Waals surface area contributed by atoms with E-state index >= 15 is 0 Å². The van der Waals surface area contributed by atoms with Crippen LogP contribution in [0.4, 0.5) is 11.8 Å². The molecule has 0 bridgehead atoms. The van der Waals surface area contributed by atoms with Gasteiger partial charge in [-0.05, 0) is 26.7 Å². The van der Waals surface area contributed by atoms with Crippen LogP contribution in [-0.2, 0) is 6.54 Å². The Morgan fingerprint density at radius 3 is 2.59 bits per heavy atom. The fraction of sp³-hybridized carbons (Fsp3) is 0.417. The first-order valence-corrected chi connectivity index (χ1v) is 12.3. The van der Waals surface area contributed by atoms with Crippen LogP contribution in [-0.4, -0.2) is 36.6 Å². The summed E-state index contributed by atoms with van der Waals surface area (Å²) < 4.78 is 2.08. The number of hydrogen-bond acceptors (Lipinski definition) is 7. The zero-order valence-electron chi connectivity index (χ0n) is 19.5. The van der Waals surface area contributed by atoms with Gasteiger partial charge in [-0.1, -0.05) is 43.2 Å².